The van der Waals surface area contributed by atoms with E-state index in [4.69, 9.17) is 4.74 Å². The summed E-state index contributed by atoms with van der Waals surface area (Å²) in [5, 5.41) is 9.83. The van der Waals surface area contributed by atoms with Crippen molar-refractivity contribution in [2.24, 2.45) is 0 Å². The van der Waals surface area contributed by atoms with E-state index < -0.39 is 65.9 Å². The number of quaternary nitrogens is 4. The van der Waals surface area contributed by atoms with Gasteiger partial charge in [-0.25, -0.2) is 13.5 Å². The smallest absolute Gasteiger partial charge is 0.330 e. The second kappa shape index (κ2) is 13.2. The first-order valence-corrected chi connectivity index (χ1v) is 11.9. The molecule has 204 valence electrons. The number of hydrogen-bond acceptors (Lipinski definition) is 14. The van der Waals surface area contributed by atoms with Crippen molar-refractivity contribution in [1.82, 2.24) is 34.2 Å². The van der Waals surface area contributed by atoms with E-state index in [1.165, 1.54) is 6.92 Å². The predicted octanol–water partition coefficient (Wildman–Crippen LogP) is -2.24. The van der Waals surface area contributed by atoms with Gasteiger partial charge in [-0.2, -0.15) is 0 Å². The van der Waals surface area contributed by atoms with Gasteiger partial charge in [0.05, 0.1) is 14.4 Å². The third kappa shape index (κ3) is 9.80. The van der Waals surface area contributed by atoms with E-state index in [0.29, 0.717) is 4.57 Å². The summed E-state index contributed by atoms with van der Waals surface area (Å²) in [4.78, 5) is 68.0. The Morgan fingerprint density at radius 2 is 1.62 bits per heavy atom. The number of halogens is 1. The molecule has 1 saturated heterocycles. The molecular formula is C10H28FN6O14P3. The molecule has 0 aromatic carbocycles. The molecule has 18 N–H and O–H groups in total. The van der Waals surface area contributed by atoms with Crippen molar-refractivity contribution in [2.45, 2.75) is 31.5 Å². The van der Waals surface area contributed by atoms with Crippen LogP contribution < -0.4 is 55.4 Å². The molecule has 34 heavy (non-hydrogen) atoms. The molecule has 20 nitrogen and oxygen atoms in total. The van der Waals surface area contributed by atoms with Gasteiger partial charge in [0.15, 0.2) is 12.4 Å². The van der Waals surface area contributed by atoms with Gasteiger partial charge in [0.1, 0.15) is 12.2 Å². The van der Waals surface area contributed by atoms with Gasteiger partial charge < -0.3 is 63.1 Å². The molecule has 0 aliphatic carbocycles. The standard InChI is InChI=1S/C10H16FN2O14P3.4H3N/c1-4-2-13(10(16)12-8(4)15)9-6(11)7(14)5(25-9)3-24-29(20,21)27-30(22,23)26-28(17,18)19;;;;/h2,5-7,9,14H,3H2,1H3,(H,20,21)(H,22,23)(H,12,15,16)(H2,17,18,19);4*1H3/t5-,6+,7-,9-;;;;/m0..../s1. The number of alkyl halides is 1. The maximum Gasteiger partial charge on any atom is 0.330 e. The van der Waals surface area contributed by atoms with Crippen molar-refractivity contribution in [3.8, 4) is 0 Å². The number of aromatic amines is 1. The minimum atomic E-state index is -6.20. The second-order valence-corrected chi connectivity index (χ2v) is 10.0. The van der Waals surface area contributed by atoms with Crippen LogP contribution in [0.25, 0.3) is 0 Å². The topological polar surface area (TPSA) is 401 Å². The van der Waals surface area contributed by atoms with Gasteiger partial charge in [0.2, 0.25) is 0 Å². The summed E-state index contributed by atoms with van der Waals surface area (Å²) in [7, 11) is -18.3. The minimum absolute atomic E-state index is 0. The van der Waals surface area contributed by atoms with Crippen LogP contribution in [0.3, 0.4) is 0 Å². The lowest BCUT2D eigenvalue weighted by atomic mass is 10.1. The SMILES string of the molecule is Cc1cn([C@H]2O[C@@H](COP(=O)([O-])OP(=O)([O-])OP(=O)([O-])[O-])[C@H](O)[C@H]2F)c(=O)[nH]c1=O.[NH4+].[NH4+].[NH4+].[NH4+]. The number of phosphoric acid groups is 3. The molecule has 0 saturated carbocycles. The first-order chi connectivity index (χ1) is 13.5. The van der Waals surface area contributed by atoms with Gasteiger partial charge in [-0.1, -0.05) is 0 Å². The number of aromatic nitrogens is 2. The quantitative estimate of drug-likeness (QED) is 0.181. The van der Waals surface area contributed by atoms with Crippen LogP contribution in [0.5, 0.6) is 0 Å². The highest BCUT2D eigenvalue weighted by Gasteiger charge is 2.46. The number of phosphoric ester groups is 1. The molecule has 1 aromatic heterocycles. The third-order valence-corrected chi connectivity index (χ3v) is 7.18. The number of H-pyrrole nitrogens is 1. The Balaban J connectivity index is -0.00000240. The van der Waals surface area contributed by atoms with Crippen molar-refractivity contribution < 1.29 is 60.6 Å². The Labute approximate surface area is 189 Å². The summed E-state index contributed by atoms with van der Waals surface area (Å²) in [5.74, 6) is 0. The third-order valence-electron chi connectivity index (χ3n) is 3.51. The lowest BCUT2D eigenvalue weighted by Crippen LogP contribution is -2.36. The van der Waals surface area contributed by atoms with Crippen LogP contribution in [0, 0.1) is 6.92 Å². The Morgan fingerprint density at radius 3 is 2.12 bits per heavy atom. The molecule has 0 bridgehead atoms. The highest BCUT2D eigenvalue weighted by Crippen LogP contribution is 2.60. The number of ether oxygens (including phenoxy) is 1. The van der Waals surface area contributed by atoms with E-state index >= 15 is 0 Å². The number of nitrogens with zero attached hydrogens (tertiary/aromatic N) is 1. The fourth-order valence-corrected chi connectivity index (χ4v) is 5.15. The Bertz CT molecular complexity index is 1060. The molecule has 0 amide bonds. The molecule has 0 radical (unpaired) electrons. The summed E-state index contributed by atoms with van der Waals surface area (Å²) in [6.45, 7) is 0.0351. The monoisotopic (exact) mass is 568 g/mol. The average molecular weight is 568 g/mol. The summed E-state index contributed by atoms with van der Waals surface area (Å²) < 4.78 is 63.1. The molecule has 1 aliphatic heterocycles. The van der Waals surface area contributed by atoms with Gasteiger partial charge >= 0.3 is 5.69 Å². The maximum atomic E-state index is 14.3. The van der Waals surface area contributed by atoms with Crippen LogP contribution in [0.1, 0.15) is 11.8 Å². The first kappa shape index (κ1) is 37.3. The van der Waals surface area contributed by atoms with Crippen LogP contribution in [-0.2, 0) is 31.6 Å². The fraction of sp³-hybridized carbons (Fsp3) is 0.600. The molecule has 1 aromatic rings. The number of aliphatic hydroxyl groups is 1. The Morgan fingerprint density at radius 1 is 1.09 bits per heavy atom. The van der Waals surface area contributed by atoms with E-state index in [9.17, 15) is 52.4 Å². The number of rotatable bonds is 8. The molecule has 0 spiro atoms. The van der Waals surface area contributed by atoms with E-state index in [1.54, 1.807) is 0 Å². The lowest BCUT2D eigenvalue weighted by Gasteiger charge is -2.37. The number of hydrogen-bond donors (Lipinski definition) is 6. The van der Waals surface area contributed by atoms with Crippen molar-refractivity contribution in [1.29, 1.82) is 0 Å². The van der Waals surface area contributed by atoms with Crippen LogP contribution >= 0.6 is 23.5 Å². The number of aryl methyl sites for hydroxylation is 1. The highest BCUT2D eigenvalue weighted by molar-refractivity contribution is 7.64. The van der Waals surface area contributed by atoms with Gasteiger partial charge in [-0.15, -0.1) is 0 Å². The average Bonchev–Trinajstić information content (AvgIpc) is 2.81. The van der Waals surface area contributed by atoms with Crippen LogP contribution in [0.4, 0.5) is 4.39 Å². The van der Waals surface area contributed by atoms with Crippen molar-refractivity contribution >= 4 is 23.5 Å². The maximum absolute atomic E-state index is 14.3. The summed E-state index contributed by atoms with van der Waals surface area (Å²) in [6, 6.07) is 0. The molecule has 24 heteroatoms. The van der Waals surface area contributed by atoms with Crippen LogP contribution in [0.2, 0.25) is 0 Å². The molecule has 2 heterocycles. The van der Waals surface area contributed by atoms with E-state index in [-0.39, 0.29) is 30.2 Å². The number of aliphatic hydroxyl groups excluding tert-OH is 1. The van der Waals surface area contributed by atoms with E-state index in [2.05, 4.69) is 13.1 Å². The van der Waals surface area contributed by atoms with Crippen molar-refractivity contribution in [2.75, 3.05) is 6.61 Å². The Hall–Kier alpha value is -1.22. The normalized spacial score (nSPS) is 25.4. The zero-order valence-corrected chi connectivity index (χ0v) is 21.2. The Kier molecular flexibility index (Phi) is 14.5. The summed E-state index contributed by atoms with van der Waals surface area (Å²) in [6.07, 6.45) is -7.07. The van der Waals surface area contributed by atoms with Crippen molar-refractivity contribution in [3.63, 3.8) is 0 Å². The van der Waals surface area contributed by atoms with Gasteiger partial charge in [0.25, 0.3) is 21.2 Å². The minimum Gasteiger partial charge on any atom is -0.790 e. The molecular weight excluding hydrogens is 540 g/mol. The molecule has 2 rings (SSSR count). The highest BCUT2D eigenvalue weighted by atomic mass is 31.3. The fourth-order valence-electron chi connectivity index (χ4n) is 2.29. The van der Waals surface area contributed by atoms with Gasteiger partial charge in [-0.05, 0) is 6.92 Å². The van der Waals surface area contributed by atoms with Gasteiger partial charge in [0, 0.05) is 11.8 Å². The van der Waals surface area contributed by atoms with Crippen LogP contribution in [0.15, 0.2) is 15.8 Å². The van der Waals surface area contributed by atoms with Gasteiger partial charge in [-0.3, -0.25) is 27.8 Å². The molecule has 1 aliphatic rings. The van der Waals surface area contributed by atoms with Crippen LogP contribution in [-0.4, -0.2) is 39.6 Å². The molecule has 1 fully saturated rings. The second-order valence-electron chi connectivity index (χ2n) is 5.78. The zero-order valence-electron chi connectivity index (χ0n) is 18.5. The lowest BCUT2D eigenvalue weighted by molar-refractivity contribution is -0.339. The zero-order chi connectivity index (χ0) is 23.1. The van der Waals surface area contributed by atoms with E-state index in [0.717, 1.165) is 6.20 Å². The van der Waals surface area contributed by atoms with Crippen molar-refractivity contribution in [3.05, 3.63) is 32.6 Å². The van der Waals surface area contributed by atoms with E-state index in [1.807, 2.05) is 4.98 Å². The largest absolute Gasteiger partial charge is 0.790 e. The number of nitrogens with one attached hydrogen (secondary N) is 1. The predicted molar refractivity (Wildman–Crippen MR) is 106 cm³/mol. The summed E-state index contributed by atoms with van der Waals surface area (Å²) >= 11 is 0. The molecule has 2 unspecified atom stereocenters. The molecule has 6 atom stereocenters. The summed E-state index contributed by atoms with van der Waals surface area (Å²) in [5.41, 5.74) is -1.88. The first-order valence-electron chi connectivity index (χ1n) is 7.52.